The van der Waals surface area contributed by atoms with Gasteiger partial charge in [0.15, 0.2) is 0 Å². The van der Waals surface area contributed by atoms with Crippen LogP contribution in [0.25, 0.3) is 27.7 Å². The van der Waals surface area contributed by atoms with E-state index in [0.29, 0.717) is 5.39 Å². The lowest BCUT2D eigenvalue weighted by Crippen LogP contribution is -1.96. The summed E-state index contributed by atoms with van der Waals surface area (Å²) < 4.78 is 16.4. The molecule has 0 bridgehead atoms. The molecule has 0 saturated carbocycles. The van der Waals surface area contributed by atoms with Gasteiger partial charge in [0.05, 0.1) is 11.9 Å². The number of halogens is 1. The van der Waals surface area contributed by atoms with Crippen LogP contribution in [0.15, 0.2) is 48.8 Å². The molecule has 4 rings (SSSR count). The third kappa shape index (κ3) is 2.04. The van der Waals surface area contributed by atoms with E-state index < -0.39 is 0 Å². The molecule has 0 N–H and O–H groups in total. The molecule has 2 aromatic carbocycles. The van der Waals surface area contributed by atoms with E-state index in [4.69, 9.17) is 0 Å². The fraction of sp³-hybridized carbons (Fsp3) is 0.150. The van der Waals surface area contributed by atoms with Gasteiger partial charge in [0, 0.05) is 22.5 Å². The quantitative estimate of drug-likeness (QED) is 0.471. The summed E-state index contributed by atoms with van der Waals surface area (Å²) in [5, 5.41) is 1.44. The lowest BCUT2D eigenvalue weighted by Gasteiger charge is -2.12. The van der Waals surface area contributed by atoms with Crippen molar-refractivity contribution in [1.82, 2.24) is 9.38 Å². The molecule has 0 saturated heterocycles. The fourth-order valence-corrected chi connectivity index (χ4v) is 3.53. The van der Waals surface area contributed by atoms with Gasteiger partial charge in [0.25, 0.3) is 0 Å². The van der Waals surface area contributed by atoms with Gasteiger partial charge in [0.1, 0.15) is 11.5 Å². The maximum absolute atomic E-state index is 14.5. The van der Waals surface area contributed by atoms with Gasteiger partial charge in [0.2, 0.25) is 0 Å². The normalized spacial score (nSPS) is 11.5. The second-order valence-electron chi connectivity index (χ2n) is 6.13. The second kappa shape index (κ2) is 4.92. The standard InChI is InChI=1S/C20H17FN2/c1-12-8-13(2)19(14(3)9-12)18-10-22-20-16-7-5-4-6-15(16)17(21)11-23(18)20/h4-11H,1-3H3. The van der Waals surface area contributed by atoms with Gasteiger partial charge in [-0.3, -0.25) is 4.40 Å². The molecular weight excluding hydrogens is 287 g/mol. The van der Waals surface area contributed by atoms with Crippen LogP contribution in [0.3, 0.4) is 0 Å². The van der Waals surface area contributed by atoms with Gasteiger partial charge in [-0.1, -0.05) is 42.0 Å². The van der Waals surface area contributed by atoms with Crippen molar-refractivity contribution in [1.29, 1.82) is 0 Å². The summed E-state index contributed by atoms with van der Waals surface area (Å²) in [6.07, 6.45) is 3.38. The Bertz CT molecular complexity index is 1040. The summed E-state index contributed by atoms with van der Waals surface area (Å²) in [6.45, 7) is 6.27. The van der Waals surface area contributed by atoms with E-state index >= 15 is 0 Å². The molecule has 114 valence electrons. The number of nitrogens with zero attached hydrogens (tertiary/aromatic N) is 2. The average Bonchev–Trinajstić information content (AvgIpc) is 2.90. The zero-order chi connectivity index (χ0) is 16.1. The summed E-state index contributed by atoms with van der Waals surface area (Å²) in [7, 11) is 0. The molecule has 2 nitrogen and oxygen atoms in total. The summed E-state index contributed by atoms with van der Waals surface area (Å²) in [6, 6.07) is 11.8. The van der Waals surface area contributed by atoms with Crippen LogP contribution in [0.4, 0.5) is 4.39 Å². The monoisotopic (exact) mass is 304 g/mol. The maximum Gasteiger partial charge on any atom is 0.147 e. The second-order valence-corrected chi connectivity index (χ2v) is 6.13. The Morgan fingerprint density at radius 3 is 2.30 bits per heavy atom. The van der Waals surface area contributed by atoms with Crippen molar-refractivity contribution in [2.45, 2.75) is 20.8 Å². The Balaban J connectivity index is 2.11. The smallest absolute Gasteiger partial charge is 0.147 e. The number of aromatic nitrogens is 2. The summed E-state index contributed by atoms with van der Waals surface area (Å²) in [5.41, 5.74) is 6.43. The first-order valence-electron chi connectivity index (χ1n) is 7.69. The molecule has 2 aromatic heterocycles. The molecular formula is C20H17FN2. The van der Waals surface area contributed by atoms with Gasteiger partial charge in [-0.05, 0) is 31.9 Å². The minimum absolute atomic E-state index is 0.227. The Morgan fingerprint density at radius 2 is 1.61 bits per heavy atom. The Morgan fingerprint density at radius 1 is 0.957 bits per heavy atom. The van der Waals surface area contributed by atoms with Crippen molar-refractivity contribution < 1.29 is 4.39 Å². The number of imidazole rings is 1. The topological polar surface area (TPSA) is 17.3 Å². The van der Waals surface area contributed by atoms with E-state index in [0.717, 1.165) is 22.3 Å². The van der Waals surface area contributed by atoms with E-state index in [1.54, 1.807) is 12.3 Å². The van der Waals surface area contributed by atoms with Crippen molar-refractivity contribution in [3.8, 4) is 11.3 Å². The van der Waals surface area contributed by atoms with Crippen LogP contribution < -0.4 is 0 Å². The lowest BCUT2D eigenvalue weighted by molar-refractivity contribution is 0.632. The lowest BCUT2D eigenvalue weighted by atomic mass is 9.97. The third-order valence-corrected chi connectivity index (χ3v) is 4.40. The van der Waals surface area contributed by atoms with Gasteiger partial charge in [-0.15, -0.1) is 0 Å². The molecule has 4 aromatic rings. The largest absolute Gasteiger partial charge is 0.296 e. The molecule has 0 amide bonds. The molecule has 0 aliphatic rings. The molecule has 0 unspecified atom stereocenters. The first-order valence-corrected chi connectivity index (χ1v) is 7.69. The zero-order valence-corrected chi connectivity index (χ0v) is 13.4. The number of benzene rings is 2. The highest BCUT2D eigenvalue weighted by Crippen LogP contribution is 2.31. The maximum atomic E-state index is 14.5. The molecule has 0 spiro atoms. The number of fused-ring (bicyclic) bond motifs is 3. The molecule has 3 heteroatoms. The highest BCUT2D eigenvalue weighted by molar-refractivity contribution is 5.95. The van der Waals surface area contributed by atoms with E-state index in [2.05, 4.69) is 37.9 Å². The van der Waals surface area contributed by atoms with E-state index in [1.165, 1.54) is 16.7 Å². The van der Waals surface area contributed by atoms with Crippen LogP contribution in [-0.4, -0.2) is 9.38 Å². The van der Waals surface area contributed by atoms with Gasteiger partial charge in [-0.2, -0.15) is 0 Å². The van der Waals surface area contributed by atoms with Crippen LogP contribution in [0.5, 0.6) is 0 Å². The summed E-state index contributed by atoms with van der Waals surface area (Å²) >= 11 is 0. The highest BCUT2D eigenvalue weighted by atomic mass is 19.1. The minimum atomic E-state index is -0.227. The Hall–Kier alpha value is -2.68. The third-order valence-electron chi connectivity index (χ3n) is 4.40. The fourth-order valence-electron chi connectivity index (χ4n) is 3.53. The molecule has 0 aliphatic heterocycles. The molecule has 23 heavy (non-hydrogen) atoms. The number of hydrogen-bond donors (Lipinski definition) is 0. The average molecular weight is 304 g/mol. The Kier molecular flexibility index (Phi) is 2.98. The van der Waals surface area contributed by atoms with Crippen molar-refractivity contribution in [3.05, 3.63) is 71.3 Å². The molecule has 0 fully saturated rings. The van der Waals surface area contributed by atoms with Crippen molar-refractivity contribution >= 4 is 16.4 Å². The zero-order valence-electron chi connectivity index (χ0n) is 13.4. The van der Waals surface area contributed by atoms with Crippen LogP contribution in [0, 0.1) is 26.6 Å². The predicted molar refractivity (Wildman–Crippen MR) is 92.3 cm³/mol. The van der Waals surface area contributed by atoms with Gasteiger partial charge < -0.3 is 0 Å². The molecule has 0 atom stereocenters. The predicted octanol–water partition coefficient (Wildman–Crippen LogP) is 5.22. The SMILES string of the molecule is Cc1cc(C)c(-c2cnc3c4ccccc4c(F)cn23)c(C)c1. The molecule has 0 aliphatic carbocycles. The number of aryl methyl sites for hydroxylation is 3. The van der Waals surface area contributed by atoms with E-state index in [9.17, 15) is 4.39 Å². The highest BCUT2D eigenvalue weighted by Gasteiger charge is 2.15. The van der Waals surface area contributed by atoms with E-state index in [-0.39, 0.29) is 5.82 Å². The first kappa shape index (κ1) is 13.9. The van der Waals surface area contributed by atoms with Crippen LogP contribution >= 0.6 is 0 Å². The molecule has 0 radical (unpaired) electrons. The van der Waals surface area contributed by atoms with Crippen molar-refractivity contribution in [3.63, 3.8) is 0 Å². The van der Waals surface area contributed by atoms with Crippen molar-refractivity contribution in [2.24, 2.45) is 0 Å². The summed E-state index contributed by atoms with van der Waals surface area (Å²) in [5.74, 6) is -0.227. The number of pyridine rings is 1. The van der Waals surface area contributed by atoms with Crippen LogP contribution in [-0.2, 0) is 0 Å². The van der Waals surface area contributed by atoms with Gasteiger partial charge >= 0.3 is 0 Å². The van der Waals surface area contributed by atoms with Crippen LogP contribution in [0.2, 0.25) is 0 Å². The first-order chi connectivity index (χ1) is 11.1. The number of hydrogen-bond acceptors (Lipinski definition) is 1. The van der Waals surface area contributed by atoms with E-state index in [1.807, 2.05) is 28.8 Å². The minimum Gasteiger partial charge on any atom is -0.296 e. The molecule has 2 heterocycles. The Labute approximate surface area is 134 Å². The van der Waals surface area contributed by atoms with Gasteiger partial charge in [-0.25, -0.2) is 9.37 Å². The summed E-state index contributed by atoms with van der Waals surface area (Å²) in [4.78, 5) is 4.57. The van der Waals surface area contributed by atoms with Crippen LogP contribution in [0.1, 0.15) is 16.7 Å². The number of rotatable bonds is 1. The van der Waals surface area contributed by atoms with Crippen molar-refractivity contribution in [2.75, 3.05) is 0 Å².